The standard InChI is InChI=1S/C27H31FN2O4/c1-4-29(5-2)13-8-14-30-24(20-9-6-7-10-21(20)28)23(26(32)27(30)33)25(31)18-11-12-22-19(16-18)15-17(3)34-22/h6-7,9-12,16-17,24,31H,4-5,8,13-15H2,1-3H3. The van der Waals surface area contributed by atoms with Crippen LogP contribution in [0.1, 0.15) is 49.9 Å². The summed E-state index contributed by atoms with van der Waals surface area (Å²) in [7, 11) is 0. The van der Waals surface area contributed by atoms with Crippen molar-refractivity contribution in [3.63, 3.8) is 0 Å². The maximum Gasteiger partial charge on any atom is 0.295 e. The summed E-state index contributed by atoms with van der Waals surface area (Å²) in [6, 6.07) is 10.3. The molecule has 2 atom stereocenters. The van der Waals surface area contributed by atoms with E-state index in [-0.39, 0.29) is 29.5 Å². The number of aliphatic hydroxyl groups is 1. The molecule has 34 heavy (non-hydrogen) atoms. The molecule has 6 nitrogen and oxygen atoms in total. The van der Waals surface area contributed by atoms with E-state index in [4.69, 9.17) is 4.74 Å². The van der Waals surface area contributed by atoms with E-state index < -0.39 is 23.5 Å². The molecule has 2 aliphatic heterocycles. The van der Waals surface area contributed by atoms with Crippen LogP contribution in [0.25, 0.3) is 5.76 Å². The average Bonchev–Trinajstić information content (AvgIpc) is 3.32. The minimum atomic E-state index is -0.985. The Morgan fingerprint density at radius 3 is 2.62 bits per heavy atom. The molecule has 0 radical (unpaired) electrons. The van der Waals surface area contributed by atoms with Crippen molar-refractivity contribution in [3.8, 4) is 5.75 Å². The summed E-state index contributed by atoms with van der Waals surface area (Å²) in [4.78, 5) is 29.8. The zero-order valence-corrected chi connectivity index (χ0v) is 19.9. The van der Waals surface area contributed by atoms with Crippen LogP contribution in [0.15, 0.2) is 48.0 Å². The van der Waals surface area contributed by atoms with Gasteiger partial charge in [0.15, 0.2) is 0 Å². The zero-order valence-electron chi connectivity index (χ0n) is 19.9. The Balaban J connectivity index is 1.74. The maximum absolute atomic E-state index is 14.9. The van der Waals surface area contributed by atoms with Gasteiger partial charge in [-0.2, -0.15) is 0 Å². The van der Waals surface area contributed by atoms with Crippen LogP contribution >= 0.6 is 0 Å². The van der Waals surface area contributed by atoms with Crippen molar-refractivity contribution < 1.29 is 23.8 Å². The fourth-order valence-corrected chi connectivity index (χ4v) is 4.86. The summed E-state index contributed by atoms with van der Waals surface area (Å²) in [5.41, 5.74) is 1.46. The molecule has 2 aromatic carbocycles. The first kappa shape index (κ1) is 24.0. The van der Waals surface area contributed by atoms with Crippen molar-refractivity contribution >= 4 is 17.4 Å². The van der Waals surface area contributed by atoms with Crippen molar-refractivity contribution in [1.29, 1.82) is 0 Å². The lowest BCUT2D eigenvalue weighted by Crippen LogP contribution is -2.33. The van der Waals surface area contributed by atoms with Gasteiger partial charge in [-0.05, 0) is 62.8 Å². The van der Waals surface area contributed by atoms with Gasteiger partial charge in [-0.3, -0.25) is 9.59 Å². The number of rotatable bonds is 8. The topological polar surface area (TPSA) is 70.1 Å². The quantitative estimate of drug-likeness (QED) is 0.357. The number of likely N-dealkylation sites (tertiary alicyclic amines) is 1. The molecular weight excluding hydrogens is 435 g/mol. The number of carbonyl (C=O) groups excluding carboxylic acids is 2. The highest BCUT2D eigenvalue weighted by atomic mass is 19.1. The molecule has 0 saturated carbocycles. The van der Waals surface area contributed by atoms with Crippen LogP contribution in [0.4, 0.5) is 4.39 Å². The van der Waals surface area contributed by atoms with Gasteiger partial charge < -0.3 is 19.6 Å². The van der Waals surface area contributed by atoms with Gasteiger partial charge in [0.1, 0.15) is 23.4 Å². The van der Waals surface area contributed by atoms with E-state index >= 15 is 0 Å². The van der Waals surface area contributed by atoms with Gasteiger partial charge in [-0.15, -0.1) is 0 Å². The molecule has 0 bridgehead atoms. The smallest absolute Gasteiger partial charge is 0.295 e. The predicted molar refractivity (Wildman–Crippen MR) is 128 cm³/mol. The Morgan fingerprint density at radius 1 is 1.18 bits per heavy atom. The molecule has 1 amide bonds. The molecule has 1 fully saturated rings. The molecule has 1 saturated heterocycles. The minimum absolute atomic E-state index is 0.0298. The van der Waals surface area contributed by atoms with E-state index in [1.165, 1.54) is 11.0 Å². The third kappa shape index (κ3) is 4.44. The predicted octanol–water partition coefficient (Wildman–Crippen LogP) is 4.30. The Kier molecular flexibility index (Phi) is 7.03. The minimum Gasteiger partial charge on any atom is -0.507 e. The lowest BCUT2D eigenvalue weighted by atomic mass is 9.94. The second-order valence-electron chi connectivity index (χ2n) is 8.85. The van der Waals surface area contributed by atoms with Crippen LogP contribution in [-0.2, 0) is 16.0 Å². The summed E-state index contributed by atoms with van der Waals surface area (Å²) in [6.45, 7) is 8.89. The number of hydrogen-bond donors (Lipinski definition) is 1. The second kappa shape index (κ2) is 9.97. The molecular formula is C27H31FN2O4. The lowest BCUT2D eigenvalue weighted by Gasteiger charge is -2.27. The fraction of sp³-hybridized carbons (Fsp3) is 0.407. The van der Waals surface area contributed by atoms with Crippen molar-refractivity contribution in [3.05, 3.63) is 70.5 Å². The highest BCUT2D eigenvalue weighted by Crippen LogP contribution is 2.41. The number of nitrogens with zero attached hydrogens (tertiary/aromatic N) is 2. The van der Waals surface area contributed by atoms with E-state index in [9.17, 15) is 19.1 Å². The van der Waals surface area contributed by atoms with Crippen molar-refractivity contribution in [1.82, 2.24) is 9.80 Å². The first-order chi connectivity index (χ1) is 16.3. The number of halogens is 1. The Labute approximate surface area is 199 Å². The van der Waals surface area contributed by atoms with E-state index in [0.29, 0.717) is 18.4 Å². The summed E-state index contributed by atoms with van der Waals surface area (Å²) in [5, 5.41) is 11.2. The molecule has 2 aliphatic rings. The van der Waals surface area contributed by atoms with Crippen molar-refractivity contribution in [2.45, 2.75) is 45.8 Å². The maximum atomic E-state index is 14.9. The third-order valence-corrected chi connectivity index (χ3v) is 6.68. The molecule has 4 rings (SSSR count). The third-order valence-electron chi connectivity index (χ3n) is 6.68. The van der Waals surface area contributed by atoms with Crippen molar-refractivity contribution in [2.75, 3.05) is 26.2 Å². The van der Waals surface area contributed by atoms with E-state index in [0.717, 1.165) is 30.9 Å². The second-order valence-corrected chi connectivity index (χ2v) is 8.85. The van der Waals surface area contributed by atoms with Crippen LogP contribution in [0.5, 0.6) is 5.75 Å². The van der Waals surface area contributed by atoms with E-state index in [1.54, 1.807) is 36.4 Å². The summed E-state index contributed by atoms with van der Waals surface area (Å²) < 4.78 is 20.6. The molecule has 0 aliphatic carbocycles. The number of Topliss-reactive ketones (excluding diaryl/α,β-unsaturated/α-hetero) is 1. The largest absolute Gasteiger partial charge is 0.507 e. The first-order valence-electron chi connectivity index (χ1n) is 11.9. The number of hydrogen-bond acceptors (Lipinski definition) is 5. The molecule has 180 valence electrons. The molecule has 7 heteroatoms. The summed E-state index contributed by atoms with van der Waals surface area (Å²) >= 11 is 0. The number of ether oxygens (including phenoxy) is 1. The van der Waals surface area contributed by atoms with Crippen molar-refractivity contribution in [2.24, 2.45) is 0 Å². The lowest BCUT2D eigenvalue weighted by molar-refractivity contribution is -0.140. The summed E-state index contributed by atoms with van der Waals surface area (Å²) in [6.07, 6.45) is 1.35. The number of carbonyl (C=O) groups is 2. The first-order valence-corrected chi connectivity index (χ1v) is 11.9. The SMILES string of the molecule is CCN(CC)CCCN1C(=O)C(=O)C(=C(O)c2ccc3c(c2)CC(C)O3)C1c1ccccc1F. The van der Waals surface area contributed by atoms with Crippen LogP contribution in [0, 0.1) is 5.82 Å². The normalized spacial score (nSPS) is 21.3. The molecule has 0 aromatic heterocycles. The van der Waals surface area contributed by atoms with Crippen LogP contribution in [0.3, 0.4) is 0 Å². The highest BCUT2D eigenvalue weighted by molar-refractivity contribution is 6.46. The van der Waals surface area contributed by atoms with Gasteiger partial charge in [0.25, 0.3) is 11.7 Å². The Bertz CT molecular complexity index is 1130. The van der Waals surface area contributed by atoms with Gasteiger partial charge in [-0.25, -0.2) is 4.39 Å². The number of fused-ring (bicyclic) bond motifs is 1. The number of benzene rings is 2. The van der Waals surface area contributed by atoms with E-state index in [1.807, 2.05) is 6.92 Å². The fourth-order valence-electron chi connectivity index (χ4n) is 4.86. The van der Waals surface area contributed by atoms with Gasteiger partial charge in [-0.1, -0.05) is 32.0 Å². The number of amides is 1. The summed E-state index contributed by atoms with van der Waals surface area (Å²) in [5.74, 6) is -1.58. The molecule has 2 aromatic rings. The van der Waals surface area contributed by atoms with Gasteiger partial charge in [0, 0.05) is 24.1 Å². The van der Waals surface area contributed by atoms with Gasteiger partial charge in [0.05, 0.1) is 11.6 Å². The van der Waals surface area contributed by atoms with Gasteiger partial charge >= 0.3 is 0 Å². The Morgan fingerprint density at radius 2 is 1.91 bits per heavy atom. The Hall–Kier alpha value is -3.19. The monoisotopic (exact) mass is 466 g/mol. The number of ketones is 1. The van der Waals surface area contributed by atoms with E-state index in [2.05, 4.69) is 18.7 Å². The zero-order chi connectivity index (χ0) is 24.4. The molecule has 2 heterocycles. The molecule has 0 spiro atoms. The van der Waals surface area contributed by atoms with Crippen LogP contribution in [-0.4, -0.2) is 58.9 Å². The number of aliphatic hydroxyl groups excluding tert-OH is 1. The van der Waals surface area contributed by atoms with Crippen LogP contribution < -0.4 is 4.74 Å². The highest BCUT2D eigenvalue weighted by Gasteiger charge is 2.46. The average molecular weight is 467 g/mol. The molecule has 2 unspecified atom stereocenters. The van der Waals surface area contributed by atoms with Crippen LogP contribution in [0.2, 0.25) is 0 Å². The van der Waals surface area contributed by atoms with Gasteiger partial charge in [0.2, 0.25) is 0 Å². The molecule has 1 N–H and O–H groups in total.